The molecule has 1 aromatic heterocycles. The third-order valence-electron chi connectivity index (χ3n) is 6.67. The highest BCUT2D eigenvalue weighted by molar-refractivity contribution is 7.71. The van der Waals surface area contributed by atoms with E-state index in [1.807, 2.05) is 30.3 Å². The lowest BCUT2D eigenvalue weighted by Gasteiger charge is -2.33. The van der Waals surface area contributed by atoms with Crippen molar-refractivity contribution in [2.24, 2.45) is 0 Å². The fraction of sp³-hybridized carbons (Fsp3) is 0.360. The number of nitrogens with one attached hydrogen (secondary N) is 3. The summed E-state index contributed by atoms with van der Waals surface area (Å²) in [6, 6.07) is 17.6. The van der Waals surface area contributed by atoms with E-state index in [1.165, 1.54) is 15.2 Å². The van der Waals surface area contributed by atoms with Crippen molar-refractivity contribution in [1.82, 2.24) is 14.9 Å². The van der Waals surface area contributed by atoms with Crippen LogP contribution in [0.25, 0.3) is 10.9 Å². The summed E-state index contributed by atoms with van der Waals surface area (Å²) < 4.78 is 1.70. The van der Waals surface area contributed by atoms with Gasteiger partial charge in [0.25, 0.3) is 5.91 Å². The van der Waals surface area contributed by atoms with Gasteiger partial charge in [0, 0.05) is 17.5 Å². The minimum atomic E-state index is -0.475. The Morgan fingerprint density at radius 2 is 1.85 bits per heavy atom. The maximum atomic E-state index is 12.9. The largest absolute Gasteiger partial charge is 0.360 e. The van der Waals surface area contributed by atoms with E-state index in [0.717, 1.165) is 43.6 Å². The van der Waals surface area contributed by atoms with Crippen LogP contribution in [0.2, 0.25) is 0 Å². The molecule has 9 heteroatoms. The standard InChI is InChI=1S/C25H28N6O2S/c32-22(26-12-13-29-14-16-30(17-15-29)18-6-2-1-3-7-18)11-10-21-24(33)31-23(27-21)19-8-4-5-9-20(19)28-25(31)34/h1-9,21,27H,10-17H2,(H,26,32)/p+1. The molecule has 1 amide bonds. The van der Waals surface area contributed by atoms with Crippen LogP contribution in [0.4, 0.5) is 11.5 Å². The van der Waals surface area contributed by atoms with Crippen molar-refractivity contribution >= 4 is 46.4 Å². The zero-order valence-electron chi connectivity index (χ0n) is 19.0. The van der Waals surface area contributed by atoms with Crippen molar-refractivity contribution in [2.45, 2.75) is 18.9 Å². The summed E-state index contributed by atoms with van der Waals surface area (Å²) in [6.07, 6.45) is 0.700. The minimum Gasteiger partial charge on any atom is -0.360 e. The lowest BCUT2D eigenvalue weighted by molar-refractivity contribution is -0.899. The first-order valence-electron chi connectivity index (χ1n) is 11.8. The van der Waals surface area contributed by atoms with Crippen LogP contribution in [0.1, 0.15) is 17.6 Å². The predicted molar refractivity (Wildman–Crippen MR) is 135 cm³/mol. The van der Waals surface area contributed by atoms with E-state index < -0.39 is 6.04 Å². The van der Waals surface area contributed by atoms with Crippen molar-refractivity contribution in [1.29, 1.82) is 0 Å². The molecule has 1 atom stereocenters. The first kappa shape index (κ1) is 22.5. The number of fused-ring (bicyclic) bond motifs is 3. The van der Waals surface area contributed by atoms with Crippen molar-refractivity contribution in [2.75, 3.05) is 49.5 Å². The third kappa shape index (κ3) is 4.67. The summed E-state index contributed by atoms with van der Waals surface area (Å²) in [5.74, 6) is 0.496. The average Bonchev–Trinajstić information content (AvgIpc) is 3.21. The van der Waals surface area contributed by atoms with E-state index in [9.17, 15) is 9.59 Å². The van der Waals surface area contributed by atoms with E-state index in [4.69, 9.17) is 12.2 Å². The first-order chi connectivity index (χ1) is 16.6. The fourth-order valence-electron chi connectivity index (χ4n) is 4.78. The van der Waals surface area contributed by atoms with E-state index in [0.29, 0.717) is 18.8 Å². The van der Waals surface area contributed by atoms with Crippen LogP contribution >= 0.6 is 12.2 Å². The highest BCUT2D eigenvalue weighted by atomic mass is 32.1. The van der Waals surface area contributed by atoms with Crippen LogP contribution in [0.15, 0.2) is 54.6 Å². The molecule has 0 bridgehead atoms. The Morgan fingerprint density at radius 1 is 1.12 bits per heavy atom. The van der Waals surface area contributed by atoms with E-state index >= 15 is 0 Å². The number of amides is 1. The molecular formula is C25H29N6O2S+. The highest BCUT2D eigenvalue weighted by Crippen LogP contribution is 2.29. The summed E-state index contributed by atoms with van der Waals surface area (Å²) in [5.41, 5.74) is 2.03. The second-order valence-corrected chi connectivity index (χ2v) is 9.21. The van der Waals surface area contributed by atoms with Gasteiger partial charge in [-0.2, -0.15) is 0 Å². The number of carbonyl (C=O) groups excluding carboxylic acids is 2. The van der Waals surface area contributed by atoms with Crippen molar-refractivity contribution in [3.63, 3.8) is 0 Å². The SMILES string of the molecule is O=C(CCC1Nc2c3ccccc3nc(=S)n2C1=O)NCC[NH+]1CCN(c2ccccc2)CC1. The smallest absolute Gasteiger partial charge is 0.257 e. The van der Waals surface area contributed by atoms with Gasteiger partial charge in [0.2, 0.25) is 10.7 Å². The van der Waals surface area contributed by atoms with E-state index in [-0.39, 0.29) is 23.0 Å². The number of rotatable bonds is 7. The molecule has 8 nitrogen and oxygen atoms in total. The number of para-hydroxylation sites is 2. The van der Waals surface area contributed by atoms with Crippen LogP contribution in [-0.4, -0.2) is 66.7 Å². The van der Waals surface area contributed by atoms with Crippen LogP contribution in [-0.2, 0) is 4.79 Å². The highest BCUT2D eigenvalue weighted by Gasteiger charge is 2.32. The fourth-order valence-corrected chi connectivity index (χ4v) is 5.06. The maximum absolute atomic E-state index is 12.9. The molecule has 2 aromatic carbocycles. The Hall–Kier alpha value is -3.30. The number of carbonyl (C=O) groups is 2. The zero-order valence-corrected chi connectivity index (χ0v) is 19.8. The molecule has 2 aliphatic rings. The van der Waals surface area contributed by atoms with Crippen LogP contribution in [0, 0.1) is 4.77 Å². The van der Waals surface area contributed by atoms with Crippen molar-refractivity contribution in [3.05, 3.63) is 59.4 Å². The molecular weight excluding hydrogens is 448 g/mol. The van der Waals surface area contributed by atoms with Crippen LogP contribution < -0.4 is 20.4 Å². The van der Waals surface area contributed by atoms with E-state index in [1.54, 1.807) is 0 Å². The molecule has 176 valence electrons. The van der Waals surface area contributed by atoms with Gasteiger partial charge in [0.15, 0.2) is 0 Å². The van der Waals surface area contributed by atoms with Gasteiger partial charge in [-0.15, -0.1) is 0 Å². The second kappa shape index (κ2) is 9.90. The molecule has 1 unspecified atom stereocenters. The number of aromatic nitrogens is 2. The number of benzene rings is 2. The summed E-state index contributed by atoms with van der Waals surface area (Å²) in [5, 5.41) is 7.14. The number of hydrogen-bond donors (Lipinski definition) is 3. The van der Waals surface area contributed by atoms with Gasteiger partial charge in [0.05, 0.1) is 44.8 Å². The molecule has 0 aliphatic carbocycles. The van der Waals surface area contributed by atoms with Gasteiger partial charge < -0.3 is 20.4 Å². The van der Waals surface area contributed by atoms with Crippen molar-refractivity contribution in [3.8, 4) is 0 Å². The zero-order chi connectivity index (χ0) is 23.5. The molecule has 3 N–H and O–H groups in total. The lowest BCUT2D eigenvalue weighted by Crippen LogP contribution is -3.15. The third-order valence-corrected chi connectivity index (χ3v) is 6.95. The normalized spacial score (nSPS) is 18.1. The number of quaternary nitrogens is 1. The van der Waals surface area contributed by atoms with Crippen LogP contribution in [0.5, 0.6) is 0 Å². The van der Waals surface area contributed by atoms with Gasteiger partial charge in [-0.25, -0.2) is 9.55 Å². The lowest BCUT2D eigenvalue weighted by atomic mass is 10.1. The molecule has 2 aliphatic heterocycles. The molecule has 3 heterocycles. The topological polar surface area (TPSA) is 83.7 Å². The molecule has 0 saturated carbocycles. The first-order valence-corrected chi connectivity index (χ1v) is 12.2. The summed E-state index contributed by atoms with van der Waals surface area (Å²) >= 11 is 5.33. The van der Waals surface area contributed by atoms with Crippen LogP contribution in [0.3, 0.4) is 0 Å². The number of hydrogen-bond acceptors (Lipinski definition) is 6. The monoisotopic (exact) mass is 477 g/mol. The van der Waals surface area contributed by atoms with E-state index in [2.05, 4.69) is 44.8 Å². The average molecular weight is 478 g/mol. The van der Waals surface area contributed by atoms with Gasteiger partial charge >= 0.3 is 0 Å². The Kier molecular flexibility index (Phi) is 6.55. The maximum Gasteiger partial charge on any atom is 0.257 e. The molecule has 1 saturated heterocycles. The quantitative estimate of drug-likeness (QED) is 0.448. The van der Waals surface area contributed by atoms with Gasteiger partial charge in [0.1, 0.15) is 11.9 Å². The Bertz CT molecular complexity index is 1250. The summed E-state index contributed by atoms with van der Waals surface area (Å²) in [7, 11) is 0. The van der Waals surface area contributed by atoms with Gasteiger partial charge in [-0.1, -0.05) is 30.3 Å². The minimum absolute atomic E-state index is 0.0283. The number of nitrogens with zero attached hydrogens (tertiary/aromatic N) is 3. The Morgan fingerprint density at radius 3 is 2.65 bits per heavy atom. The van der Waals surface area contributed by atoms with Gasteiger partial charge in [-0.05, 0) is 42.9 Å². The molecule has 0 spiro atoms. The number of anilines is 2. The molecule has 1 fully saturated rings. The Labute approximate surface area is 203 Å². The molecule has 34 heavy (non-hydrogen) atoms. The molecule has 0 radical (unpaired) electrons. The predicted octanol–water partition coefficient (Wildman–Crippen LogP) is 1.50. The summed E-state index contributed by atoms with van der Waals surface area (Å²) in [4.78, 5) is 33.6. The second-order valence-electron chi connectivity index (χ2n) is 8.84. The summed E-state index contributed by atoms with van der Waals surface area (Å²) in [6.45, 7) is 5.72. The molecule has 3 aromatic rings. The molecule has 5 rings (SSSR count). The Balaban J connectivity index is 1.07. The van der Waals surface area contributed by atoms with Crippen molar-refractivity contribution < 1.29 is 14.5 Å². The van der Waals surface area contributed by atoms with Gasteiger partial charge in [-0.3, -0.25) is 9.59 Å². The number of piperazine rings is 1.